The third-order valence-electron chi connectivity index (χ3n) is 0.873. The Bertz CT molecular complexity index is 147. The quantitative estimate of drug-likeness (QED) is 0.511. The molecule has 1 atom stereocenters. The topological polar surface area (TPSA) is 35.5 Å². The number of hydrogen-bond acceptors (Lipinski definition) is 3. The molecule has 0 aromatic rings. The van der Waals surface area contributed by atoms with E-state index in [1.165, 1.54) is 0 Å². The molecule has 0 N–H and O–H groups in total. The van der Waals surface area contributed by atoms with Crippen LogP contribution in [0.2, 0.25) is 0 Å². The van der Waals surface area contributed by atoms with Crippen molar-refractivity contribution in [3.8, 4) is 0 Å². The Morgan fingerprint density at radius 2 is 2.00 bits per heavy atom. The molecule has 0 amide bonds. The summed E-state index contributed by atoms with van der Waals surface area (Å²) in [5.41, 5.74) is 0. The van der Waals surface area contributed by atoms with Gasteiger partial charge in [-0.3, -0.25) is 0 Å². The zero-order valence-corrected chi connectivity index (χ0v) is 7.32. The van der Waals surface area contributed by atoms with Gasteiger partial charge < -0.3 is 0 Å². The maximum absolute atomic E-state index is 11.3. The second-order valence-corrected chi connectivity index (χ2v) is 2.84. The van der Waals surface area contributed by atoms with Gasteiger partial charge in [0.2, 0.25) is 0 Å². The first-order valence-electron chi connectivity index (χ1n) is 3.31. The van der Waals surface area contributed by atoms with Gasteiger partial charge in [-0.25, -0.2) is 0 Å². The van der Waals surface area contributed by atoms with Crippen molar-refractivity contribution in [3.05, 3.63) is 0 Å². The summed E-state index contributed by atoms with van der Waals surface area (Å²) in [7, 11) is -3.06. The number of hydrogen-bond donors (Lipinski definition) is 0. The van der Waals surface area contributed by atoms with Crippen LogP contribution in [-0.2, 0) is 13.6 Å². The molecule has 0 heterocycles. The number of rotatable bonds is 5. The Labute approximate surface area is 68.8 Å². The summed E-state index contributed by atoms with van der Waals surface area (Å²) in [6.45, 7) is 1.85. The summed E-state index contributed by atoms with van der Waals surface area (Å²) < 4.78 is 51.6. The minimum atomic E-state index is -4.89. The highest BCUT2D eigenvalue weighted by molar-refractivity contribution is 7.33. The monoisotopic (exact) mass is 205 g/mol. The first-order chi connectivity index (χ1) is 5.45. The van der Waals surface area contributed by atoms with E-state index < -0.39 is 14.6 Å². The molecular formula is C5H9F3O3P+. The van der Waals surface area contributed by atoms with Gasteiger partial charge in [-0.1, -0.05) is 13.3 Å². The normalized spacial score (nSPS) is 13.2. The van der Waals surface area contributed by atoms with Crippen molar-refractivity contribution in [1.82, 2.24) is 0 Å². The Balaban J connectivity index is 3.47. The molecule has 0 spiro atoms. The van der Waals surface area contributed by atoms with Crippen LogP contribution in [0, 0.1) is 0 Å². The molecule has 12 heavy (non-hydrogen) atoms. The molecule has 0 aliphatic rings. The molecular weight excluding hydrogens is 196 g/mol. The third kappa shape index (κ3) is 7.91. The predicted octanol–water partition coefficient (Wildman–Crippen LogP) is 3.00. The van der Waals surface area contributed by atoms with E-state index in [4.69, 9.17) is 0 Å². The largest absolute Gasteiger partial charge is 0.706 e. The van der Waals surface area contributed by atoms with Gasteiger partial charge in [-0.15, -0.1) is 17.7 Å². The van der Waals surface area contributed by atoms with E-state index in [0.717, 1.165) is 6.42 Å². The lowest BCUT2D eigenvalue weighted by Crippen LogP contribution is -2.08. The molecule has 0 saturated carbocycles. The van der Waals surface area contributed by atoms with Crippen LogP contribution in [-0.4, -0.2) is 13.0 Å². The van der Waals surface area contributed by atoms with Crippen LogP contribution in [0.3, 0.4) is 0 Å². The van der Waals surface area contributed by atoms with Crippen LogP contribution in [0.1, 0.15) is 19.8 Å². The van der Waals surface area contributed by atoms with E-state index >= 15 is 0 Å². The molecule has 0 bridgehead atoms. The van der Waals surface area contributed by atoms with Gasteiger partial charge in [0, 0.05) is 4.57 Å². The predicted molar refractivity (Wildman–Crippen MR) is 35.6 cm³/mol. The van der Waals surface area contributed by atoms with Crippen LogP contribution < -0.4 is 0 Å². The number of alkyl halides is 3. The average molecular weight is 205 g/mol. The lowest BCUT2D eigenvalue weighted by atomic mass is 10.4. The fourth-order valence-corrected chi connectivity index (χ4v) is 0.894. The first-order valence-corrected chi connectivity index (χ1v) is 4.41. The second-order valence-electron chi connectivity index (χ2n) is 1.95. The summed E-state index contributed by atoms with van der Waals surface area (Å²) in [5.74, 6) is 0. The summed E-state index contributed by atoms with van der Waals surface area (Å²) in [6.07, 6.45) is -3.57. The zero-order valence-electron chi connectivity index (χ0n) is 6.43. The highest BCUT2D eigenvalue weighted by Crippen LogP contribution is 2.34. The van der Waals surface area contributed by atoms with Crippen molar-refractivity contribution in [2.24, 2.45) is 0 Å². The molecule has 72 valence electrons. The standard InChI is InChI=1S/C5H9F3O3P/c1-2-3-4-10-12(9)11-5(6,7)8/h2-4H2,1H3/q+1. The molecule has 1 unspecified atom stereocenters. The molecule has 0 saturated heterocycles. The zero-order chi connectivity index (χ0) is 9.61. The molecule has 0 aromatic heterocycles. The average Bonchev–Trinajstić information content (AvgIpc) is 1.84. The van der Waals surface area contributed by atoms with E-state index in [1.807, 2.05) is 6.92 Å². The molecule has 0 radical (unpaired) electrons. The van der Waals surface area contributed by atoms with Crippen molar-refractivity contribution in [2.75, 3.05) is 6.61 Å². The van der Waals surface area contributed by atoms with Crippen molar-refractivity contribution >= 4 is 8.25 Å². The molecule has 3 nitrogen and oxygen atoms in total. The fourth-order valence-electron chi connectivity index (χ4n) is 0.394. The molecule has 0 aliphatic carbocycles. The number of halogens is 3. The number of unbranched alkanes of at least 4 members (excludes halogenated alkanes) is 1. The highest BCUT2D eigenvalue weighted by Gasteiger charge is 2.43. The van der Waals surface area contributed by atoms with E-state index in [2.05, 4.69) is 9.05 Å². The fraction of sp³-hybridized carbons (Fsp3) is 1.00. The van der Waals surface area contributed by atoms with E-state index in [1.54, 1.807) is 0 Å². The Morgan fingerprint density at radius 1 is 1.42 bits per heavy atom. The first kappa shape index (κ1) is 11.8. The molecule has 0 aromatic carbocycles. The van der Waals surface area contributed by atoms with Crippen LogP contribution >= 0.6 is 8.25 Å². The van der Waals surface area contributed by atoms with Crippen LogP contribution in [0.25, 0.3) is 0 Å². The van der Waals surface area contributed by atoms with E-state index in [9.17, 15) is 17.7 Å². The van der Waals surface area contributed by atoms with Gasteiger partial charge in [-0.05, 0) is 10.9 Å². The van der Waals surface area contributed by atoms with Gasteiger partial charge in [0.25, 0.3) is 0 Å². The van der Waals surface area contributed by atoms with Gasteiger partial charge in [0.1, 0.15) is 6.61 Å². The highest BCUT2D eigenvalue weighted by atomic mass is 31.1. The van der Waals surface area contributed by atoms with Gasteiger partial charge in [0.05, 0.1) is 0 Å². The van der Waals surface area contributed by atoms with Crippen molar-refractivity contribution < 1.29 is 26.8 Å². The smallest absolute Gasteiger partial charge is 0.141 e. The third-order valence-corrected chi connectivity index (χ3v) is 1.62. The lowest BCUT2D eigenvalue weighted by Gasteiger charge is -1.94. The molecule has 7 heteroatoms. The second kappa shape index (κ2) is 5.45. The van der Waals surface area contributed by atoms with Crippen molar-refractivity contribution in [3.63, 3.8) is 0 Å². The summed E-state index contributed by atoms with van der Waals surface area (Å²) in [4.78, 5) is 0. The minimum absolute atomic E-state index is 0.0157. The van der Waals surface area contributed by atoms with Gasteiger partial charge >= 0.3 is 14.6 Å². The minimum Gasteiger partial charge on any atom is -0.141 e. The molecule has 0 aliphatic heterocycles. The van der Waals surface area contributed by atoms with Crippen LogP contribution in [0.15, 0.2) is 0 Å². The van der Waals surface area contributed by atoms with Crippen LogP contribution in [0.4, 0.5) is 13.2 Å². The maximum Gasteiger partial charge on any atom is 0.706 e. The van der Waals surface area contributed by atoms with Crippen molar-refractivity contribution in [1.29, 1.82) is 0 Å². The Morgan fingerprint density at radius 3 is 2.42 bits per heavy atom. The molecule has 0 fully saturated rings. The van der Waals surface area contributed by atoms with Crippen molar-refractivity contribution in [2.45, 2.75) is 26.1 Å². The Hall–Kier alpha value is -0.190. The maximum atomic E-state index is 11.3. The van der Waals surface area contributed by atoms with Gasteiger partial charge in [0.15, 0.2) is 0 Å². The Kier molecular flexibility index (Phi) is 5.37. The van der Waals surface area contributed by atoms with Gasteiger partial charge in [-0.2, -0.15) is 0 Å². The molecule has 0 rings (SSSR count). The van der Waals surface area contributed by atoms with E-state index in [0.29, 0.717) is 6.42 Å². The summed E-state index contributed by atoms with van der Waals surface area (Å²) in [6, 6.07) is 0. The van der Waals surface area contributed by atoms with Crippen LogP contribution in [0.5, 0.6) is 0 Å². The SMILES string of the molecule is CCCCO[P+](=O)OC(F)(F)F. The summed E-state index contributed by atoms with van der Waals surface area (Å²) >= 11 is 0. The summed E-state index contributed by atoms with van der Waals surface area (Å²) in [5, 5.41) is 0. The lowest BCUT2D eigenvalue weighted by molar-refractivity contribution is -0.275. The van der Waals surface area contributed by atoms with E-state index in [-0.39, 0.29) is 6.61 Å².